The minimum Gasteiger partial charge on any atom is -0.481 e. The highest BCUT2D eigenvalue weighted by Gasteiger charge is 2.22. The third-order valence-electron chi connectivity index (χ3n) is 2.93. The predicted molar refractivity (Wildman–Crippen MR) is 75.9 cm³/mol. The summed E-state index contributed by atoms with van der Waals surface area (Å²) in [4.78, 5) is 27.7. The second-order valence-corrected chi connectivity index (χ2v) is 6.20. The fourth-order valence-corrected chi connectivity index (χ4v) is 2.65. The number of nitrogens with zero attached hydrogens (tertiary/aromatic N) is 2. The van der Waals surface area contributed by atoms with E-state index >= 15 is 0 Å². The molecule has 20 heavy (non-hydrogen) atoms. The van der Waals surface area contributed by atoms with Gasteiger partial charge >= 0.3 is 5.97 Å². The Bertz CT molecular complexity index is 601. The number of carboxylic acids is 1. The highest BCUT2D eigenvalue weighted by molar-refractivity contribution is 7.15. The molecule has 2 N–H and O–H groups in total. The molecule has 0 aliphatic heterocycles. The lowest BCUT2D eigenvalue weighted by atomic mass is 9.98. The van der Waals surface area contributed by atoms with Gasteiger partial charge in [-0.1, -0.05) is 0 Å². The molecule has 0 bridgehead atoms. The first kappa shape index (κ1) is 14.5. The summed E-state index contributed by atoms with van der Waals surface area (Å²) in [5, 5.41) is 13.5. The highest BCUT2D eigenvalue weighted by Crippen LogP contribution is 2.14. The quantitative estimate of drug-likeness (QED) is 0.849. The summed E-state index contributed by atoms with van der Waals surface area (Å²) in [6.45, 7) is 3.64. The molecule has 0 spiro atoms. The summed E-state index contributed by atoms with van der Waals surface area (Å²) in [5.41, 5.74) is 0.176. The summed E-state index contributed by atoms with van der Waals surface area (Å²) in [6, 6.07) is 0. The lowest BCUT2D eigenvalue weighted by molar-refractivity contribution is -0.137. The van der Waals surface area contributed by atoms with Gasteiger partial charge in [-0.2, -0.15) is 0 Å². The SMILES string of the molecule is CC(C)(CCC(=O)O)NC(=O)Cc1cn2ccsc2n1. The van der Waals surface area contributed by atoms with Crippen molar-refractivity contribution in [1.82, 2.24) is 14.7 Å². The first-order chi connectivity index (χ1) is 9.35. The van der Waals surface area contributed by atoms with Crippen LogP contribution in [0.5, 0.6) is 0 Å². The van der Waals surface area contributed by atoms with Crippen molar-refractivity contribution in [3.8, 4) is 0 Å². The Morgan fingerprint density at radius 1 is 1.50 bits per heavy atom. The molecule has 7 heteroatoms. The van der Waals surface area contributed by atoms with Gasteiger partial charge in [-0.05, 0) is 20.3 Å². The molecule has 2 rings (SSSR count). The number of carbonyl (C=O) groups is 2. The van der Waals surface area contributed by atoms with E-state index in [1.54, 1.807) is 0 Å². The summed E-state index contributed by atoms with van der Waals surface area (Å²) >= 11 is 1.51. The number of aromatic nitrogens is 2. The maximum atomic E-state index is 12.0. The molecule has 2 heterocycles. The number of fused-ring (bicyclic) bond motifs is 1. The number of carbonyl (C=O) groups excluding carboxylic acids is 1. The van der Waals surface area contributed by atoms with E-state index in [1.165, 1.54) is 11.3 Å². The van der Waals surface area contributed by atoms with Gasteiger partial charge in [-0.25, -0.2) is 4.98 Å². The largest absolute Gasteiger partial charge is 0.481 e. The van der Waals surface area contributed by atoms with Crippen molar-refractivity contribution in [3.63, 3.8) is 0 Å². The van der Waals surface area contributed by atoms with E-state index in [0.717, 1.165) is 4.96 Å². The van der Waals surface area contributed by atoms with Crippen LogP contribution in [0.15, 0.2) is 17.8 Å². The molecule has 0 unspecified atom stereocenters. The van der Waals surface area contributed by atoms with Crippen LogP contribution >= 0.6 is 11.3 Å². The summed E-state index contributed by atoms with van der Waals surface area (Å²) < 4.78 is 1.88. The maximum Gasteiger partial charge on any atom is 0.303 e. The van der Waals surface area contributed by atoms with Crippen LogP contribution < -0.4 is 5.32 Å². The summed E-state index contributed by atoms with van der Waals surface area (Å²) in [5.74, 6) is -1.01. The van der Waals surface area contributed by atoms with Crippen LogP contribution in [0.3, 0.4) is 0 Å². The summed E-state index contributed by atoms with van der Waals surface area (Å²) in [6.07, 6.45) is 4.35. The van der Waals surface area contributed by atoms with Gasteiger partial charge in [-0.3, -0.25) is 14.0 Å². The van der Waals surface area contributed by atoms with Gasteiger partial charge in [0, 0.05) is 29.7 Å². The molecular formula is C13H17N3O3S. The Hall–Kier alpha value is -1.89. The Labute approximate surface area is 120 Å². The van der Waals surface area contributed by atoms with E-state index in [9.17, 15) is 9.59 Å². The van der Waals surface area contributed by atoms with Gasteiger partial charge < -0.3 is 10.4 Å². The Morgan fingerprint density at radius 3 is 2.90 bits per heavy atom. The van der Waals surface area contributed by atoms with Gasteiger partial charge in [0.15, 0.2) is 4.96 Å². The average Bonchev–Trinajstić information content (AvgIpc) is 2.86. The van der Waals surface area contributed by atoms with Gasteiger partial charge in [-0.15, -0.1) is 11.3 Å². The average molecular weight is 295 g/mol. The van der Waals surface area contributed by atoms with E-state index in [-0.39, 0.29) is 18.7 Å². The van der Waals surface area contributed by atoms with Crippen molar-refractivity contribution in [3.05, 3.63) is 23.5 Å². The van der Waals surface area contributed by atoms with Crippen LogP contribution in [0, 0.1) is 0 Å². The minimum absolute atomic E-state index is 0.0352. The molecule has 0 fully saturated rings. The Morgan fingerprint density at radius 2 is 2.25 bits per heavy atom. The fourth-order valence-electron chi connectivity index (χ4n) is 1.93. The molecule has 1 amide bonds. The van der Waals surface area contributed by atoms with Crippen molar-refractivity contribution in [2.24, 2.45) is 0 Å². The van der Waals surface area contributed by atoms with Crippen molar-refractivity contribution < 1.29 is 14.7 Å². The molecule has 0 aliphatic carbocycles. The van der Waals surface area contributed by atoms with Gasteiger partial charge in [0.1, 0.15) is 0 Å². The Kier molecular flexibility index (Phi) is 4.08. The Balaban J connectivity index is 1.91. The molecule has 0 saturated carbocycles. The van der Waals surface area contributed by atoms with Crippen LogP contribution in [0.2, 0.25) is 0 Å². The molecule has 0 radical (unpaired) electrons. The van der Waals surface area contributed by atoms with E-state index in [4.69, 9.17) is 5.11 Å². The van der Waals surface area contributed by atoms with Crippen LogP contribution in [0.25, 0.3) is 4.96 Å². The minimum atomic E-state index is -0.860. The first-order valence-corrected chi connectivity index (χ1v) is 7.17. The number of thiazole rings is 1. The number of hydrogen-bond acceptors (Lipinski definition) is 4. The van der Waals surface area contributed by atoms with Crippen molar-refractivity contribution in [2.75, 3.05) is 0 Å². The number of carboxylic acid groups (broad SMARTS) is 1. The van der Waals surface area contributed by atoms with Crippen LogP contribution in [-0.4, -0.2) is 31.9 Å². The topological polar surface area (TPSA) is 83.7 Å². The highest BCUT2D eigenvalue weighted by atomic mass is 32.1. The van der Waals surface area contributed by atoms with E-state index < -0.39 is 11.5 Å². The normalized spacial score (nSPS) is 11.7. The predicted octanol–water partition coefficient (Wildman–Crippen LogP) is 1.70. The fraction of sp³-hybridized carbons (Fsp3) is 0.462. The smallest absolute Gasteiger partial charge is 0.303 e. The lowest BCUT2D eigenvalue weighted by Gasteiger charge is -2.25. The van der Waals surface area contributed by atoms with E-state index in [1.807, 2.05) is 36.0 Å². The van der Waals surface area contributed by atoms with Crippen molar-refractivity contribution >= 4 is 28.2 Å². The number of imidazole rings is 1. The number of aliphatic carboxylic acids is 1. The zero-order valence-electron chi connectivity index (χ0n) is 11.4. The van der Waals surface area contributed by atoms with Crippen molar-refractivity contribution in [1.29, 1.82) is 0 Å². The number of rotatable bonds is 6. The number of hydrogen-bond donors (Lipinski definition) is 2. The van der Waals surface area contributed by atoms with Gasteiger partial charge in [0.05, 0.1) is 12.1 Å². The molecule has 0 aliphatic rings. The number of amides is 1. The lowest BCUT2D eigenvalue weighted by Crippen LogP contribution is -2.44. The zero-order valence-corrected chi connectivity index (χ0v) is 12.2. The van der Waals surface area contributed by atoms with Crippen LogP contribution in [0.1, 0.15) is 32.4 Å². The van der Waals surface area contributed by atoms with E-state index in [0.29, 0.717) is 12.1 Å². The standard InChI is InChI=1S/C13H17N3O3S/c1-13(2,4-3-11(18)19)15-10(17)7-9-8-16-5-6-20-12(16)14-9/h5-6,8H,3-4,7H2,1-2H3,(H,15,17)(H,18,19). The zero-order chi connectivity index (χ0) is 14.8. The molecule has 0 saturated heterocycles. The van der Waals surface area contributed by atoms with Gasteiger partial charge in [0.25, 0.3) is 0 Å². The molecular weight excluding hydrogens is 278 g/mol. The molecule has 0 atom stereocenters. The second kappa shape index (κ2) is 5.62. The van der Waals surface area contributed by atoms with Crippen LogP contribution in [0.4, 0.5) is 0 Å². The maximum absolute atomic E-state index is 12.0. The summed E-state index contributed by atoms with van der Waals surface area (Å²) in [7, 11) is 0. The van der Waals surface area contributed by atoms with Crippen LogP contribution in [-0.2, 0) is 16.0 Å². The first-order valence-electron chi connectivity index (χ1n) is 6.30. The number of nitrogens with one attached hydrogen (secondary N) is 1. The molecule has 2 aromatic rings. The van der Waals surface area contributed by atoms with Gasteiger partial charge in [0.2, 0.25) is 5.91 Å². The van der Waals surface area contributed by atoms with E-state index in [2.05, 4.69) is 10.3 Å². The van der Waals surface area contributed by atoms with Crippen molar-refractivity contribution in [2.45, 2.75) is 38.6 Å². The monoisotopic (exact) mass is 295 g/mol. The molecule has 0 aromatic carbocycles. The molecule has 2 aromatic heterocycles. The third kappa shape index (κ3) is 3.80. The molecule has 108 valence electrons. The molecule has 6 nitrogen and oxygen atoms in total. The second-order valence-electron chi connectivity index (χ2n) is 5.33. The third-order valence-corrected chi connectivity index (χ3v) is 3.70.